The van der Waals surface area contributed by atoms with Crippen molar-refractivity contribution in [1.82, 2.24) is 5.48 Å². The monoisotopic (exact) mass is 239 g/mol. The molecule has 0 heterocycles. The summed E-state index contributed by atoms with van der Waals surface area (Å²) in [5.74, 6) is -0.241. The average Bonchev–Trinajstić information content (AvgIpc) is 2.78. The SMILES string of the molecule is O=C(NOC1CCCC1)c1cccc(Cl)c1. The van der Waals surface area contributed by atoms with Crippen molar-refractivity contribution in [2.24, 2.45) is 0 Å². The molecule has 0 radical (unpaired) electrons. The van der Waals surface area contributed by atoms with Crippen molar-refractivity contribution < 1.29 is 9.63 Å². The second-order valence-corrected chi connectivity index (χ2v) is 4.40. The molecule has 1 aliphatic carbocycles. The molecule has 0 unspecified atom stereocenters. The van der Waals surface area contributed by atoms with Crippen molar-refractivity contribution in [2.45, 2.75) is 31.8 Å². The molecule has 0 saturated heterocycles. The van der Waals surface area contributed by atoms with E-state index in [0.717, 1.165) is 12.8 Å². The number of hydrogen-bond acceptors (Lipinski definition) is 2. The molecule has 1 aromatic carbocycles. The number of carbonyl (C=O) groups is 1. The van der Waals surface area contributed by atoms with Gasteiger partial charge in [0, 0.05) is 10.6 Å². The van der Waals surface area contributed by atoms with E-state index in [2.05, 4.69) is 5.48 Å². The third-order valence-electron chi connectivity index (χ3n) is 2.71. The highest BCUT2D eigenvalue weighted by Gasteiger charge is 2.17. The first-order chi connectivity index (χ1) is 7.75. The average molecular weight is 240 g/mol. The van der Waals surface area contributed by atoms with Gasteiger partial charge in [0.15, 0.2) is 0 Å². The molecule has 1 fully saturated rings. The van der Waals surface area contributed by atoms with Gasteiger partial charge in [0.25, 0.3) is 5.91 Å². The Bertz CT molecular complexity index is 375. The molecule has 0 bridgehead atoms. The van der Waals surface area contributed by atoms with Crippen molar-refractivity contribution in [3.05, 3.63) is 34.9 Å². The van der Waals surface area contributed by atoms with E-state index in [1.165, 1.54) is 12.8 Å². The Hall–Kier alpha value is -1.06. The summed E-state index contributed by atoms with van der Waals surface area (Å²) in [6.45, 7) is 0. The summed E-state index contributed by atoms with van der Waals surface area (Å²) in [5, 5.41) is 0.550. The zero-order valence-electron chi connectivity index (χ0n) is 8.91. The van der Waals surface area contributed by atoms with E-state index in [0.29, 0.717) is 10.6 Å². The molecule has 0 atom stereocenters. The van der Waals surface area contributed by atoms with Crippen LogP contribution in [0.15, 0.2) is 24.3 Å². The van der Waals surface area contributed by atoms with Crippen molar-refractivity contribution in [3.8, 4) is 0 Å². The van der Waals surface area contributed by atoms with Gasteiger partial charge in [-0.2, -0.15) is 0 Å². The lowest BCUT2D eigenvalue weighted by atomic mass is 10.2. The smallest absolute Gasteiger partial charge is 0.270 e. The molecular weight excluding hydrogens is 226 g/mol. The maximum absolute atomic E-state index is 11.7. The standard InChI is InChI=1S/C12H14ClNO2/c13-10-5-3-4-9(8-10)12(15)14-16-11-6-1-2-7-11/h3-5,8,11H,1-2,6-7H2,(H,14,15). The third-order valence-corrected chi connectivity index (χ3v) is 2.94. The molecular formula is C12H14ClNO2. The Labute approximate surface area is 99.7 Å². The zero-order valence-corrected chi connectivity index (χ0v) is 9.67. The topological polar surface area (TPSA) is 38.3 Å². The molecule has 1 aliphatic rings. The minimum absolute atomic E-state index is 0.170. The summed E-state index contributed by atoms with van der Waals surface area (Å²) >= 11 is 5.80. The van der Waals surface area contributed by atoms with Gasteiger partial charge in [-0.25, -0.2) is 5.48 Å². The van der Waals surface area contributed by atoms with Crippen LogP contribution in [-0.2, 0) is 4.84 Å². The molecule has 2 rings (SSSR count). The first kappa shape index (κ1) is 11.4. The maximum atomic E-state index is 11.7. The van der Waals surface area contributed by atoms with Gasteiger partial charge in [0.2, 0.25) is 0 Å². The Morgan fingerprint density at radius 1 is 1.38 bits per heavy atom. The predicted molar refractivity (Wildman–Crippen MR) is 62.3 cm³/mol. The number of halogens is 1. The zero-order chi connectivity index (χ0) is 11.4. The lowest BCUT2D eigenvalue weighted by Crippen LogP contribution is -2.28. The fourth-order valence-electron chi connectivity index (χ4n) is 1.83. The summed E-state index contributed by atoms with van der Waals surface area (Å²) in [4.78, 5) is 17.0. The van der Waals surface area contributed by atoms with Crippen LogP contribution < -0.4 is 5.48 Å². The van der Waals surface area contributed by atoms with Gasteiger partial charge in [-0.3, -0.25) is 9.63 Å². The molecule has 0 aliphatic heterocycles. The van der Waals surface area contributed by atoms with E-state index >= 15 is 0 Å². The highest BCUT2D eigenvalue weighted by molar-refractivity contribution is 6.30. The third kappa shape index (κ3) is 2.97. The summed E-state index contributed by atoms with van der Waals surface area (Å²) in [6, 6.07) is 6.80. The van der Waals surface area contributed by atoms with Crippen LogP contribution >= 0.6 is 11.6 Å². The Balaban J connectivity index is 1.87. The molecule has 4 heteroatoms. The van der Waals surface area contributed by atoms with Crippen LogP contribution in [0.25, 0.3) is 0 Å². The number of nitrogens with one attached hydrogen (secondary N) is 1. The Morgan fingerprint density at radius 3 is 2.81 bits per heavy atom. The molecule has 1 amide bonds. The Kier molecular flexibility index (Phi) is 3.80. The molecule has 1 aromatic rings. The quantitative estimate of drug-likeness (QED) is 0.824. The molecule has 0 spiro atoms. The van der Waals surface area contributed by atoms with E-state index in [1.54, 1.807) is 24.3 Å². The van der Waals surface area contributed by atoms with E-state index < -0.39 is 0 Å². The number of rotatable bonds is 3. The van der Waals surface area contributed by atoms with Crippen LogP contribution in [0.5, 0.6) is 0 Å². The van der Waals surface area contributed by atoms with Crippen LogP contribution in [-0.4, -0.2) is 12.0 Å². The second kappa shape index (κ2) is 5.32. The van der Waals surface area contributed by atoms with Crippen LogP contribution in [0.4, 0.5) is 0 Å². The van der Waals surface area contributed by atoms with Gasteiger partial charge in [0.05, 0.1) is 6.10 Å². The lowest BCUT2D eigenvalue weighted by molar-refractivity contribution is -0.0124. The van der Waals surface area contributed by atoms with Crippen molar-refractivity contribution in [1.29, 1.82) is 0 Å². The van der Waals surface area contributed by atoms with Gasteiger partial charge in [-0.1, -0.05) is 30.5 Å². The van der Waals surface area contributed by atoms with Crippen molar-refractivity contribution >= 4 is 17.5 Å². The number of benzene rings is 1. The number of amides is 1. The van der Waals surface area contributed by atoms with Gasteiger partial charge in [-0.05, 0) is 31.0 Å². The minimum atomic E-state index is -0.241. The summed E-state index contributed by atoms with van der Waals surface area (Å²) in [7, 11) is 0. The highest BCUT2D eigenvalue weighted by atomic mass is 35.5. The second-order valence-electron chi connectivity index (χ2n) is 3.97. The molecule has 1 N–H and O–H groups in total. The van der Waals surface area contributed by atoms with Crippen molar-refractivity contribution in [3.63, 3.8) is 0 Å². The van der Waals surface area contributed by atoms with Gasteiger partial charge >= 0.3 is 0 Å². The molecule has 16 heavy (non-hydrogen) atoms. The van der Waals surface area contributed by atoms with Crippen molar-refractivity contribution in [2.75, 3.05) is 0 Å². The number of hydrogen-bond donors (Lipinski definition) is 1. The van der Waals surface area contributed by atoms with Gasteiger partial charge in [0.1, 0.15) is 0 Å². The van der Waals surface area contributed by atoms with E-state index in [9.17, 15) is 4.79 Å². The minimum Gasteiger partial charge on any atom is -0.270 e. The molecule has 3 nitrogen and oxygen atoms in total. The fraction of sp³-hybridized carbons (Fsp3) is 0.417. The van der Waals surface area contributed by atoms with Crippen LogP contribution in [0.2, 0.25) is 5.02 Å². The first-order valence-electron chi connectivity index (χ1n) is 5.47. The van der Waals surface area contributed by atoms with E-state index in [1.807, 2.05) is 0 Å². The molecule has 86 valence electrons. The predicted octanol–water partition coefficient (Wildman–Crippen LogP) is 2.94. The van der Waals surface area contributed by atoms with Crippen LogP contribution in [0.1, 0.15) is 36.0 Å². The largest absolute Gasteiger partial charge is 0.274 e. The maximum Gasteiger partial charge on any atom is 0.274 e. The highest BCUT2D eigenvalue weighted by Crippen LogP contribution is 2.20. The van der Waals surface area contributed by atoms with E-state index in [-0.39, 0.29) is 12.0 Å². The summed E-state index contributed by atoms with van der Waals surface area (Å²) in [6.07, 6.45) is 4.57. The first-order valence-corrected chi connectivity index (χ1v) is 5.85. The van der Waals surface area contributed by atoms with Gasteiger partial charge in [-0.15, -0.1) is 0 Å². The normalized spacial score (nSPS) is 16.3. The Morgan fingerprint density at radius 2 is 2.12 bits per heavy atom. The fourth-order valence-corrected chi connectivity index (χ4v) is 2.02. The lowest BCUT2D eigenvalue weighted by Gasteiger charge is -2.11. The number of carbonyl (C=O) groups excluding carboxylic acids is 1. The molecule has 0 aromatic heterocycles. The summed E-state index contributed by atoms with van der Waals surface area (Å²) < 4.78 is 0. The van der Waals surface area contributed by atoms with E-state index in [4.69, 9.17) is 16.4 Å². The van der Waals surface area contributed by atoms with Crippen LogP contribution in [0.3, 0.4) is 0 Å². The molecule has 1 saturated carbocycles. The van der Waals surface area contributed by atoms with Crippen LogP contribution in [0, 0.1) is 0 Å². The van der Waals surface area contributed by atoms with Gasteiger partial charge < -0.3 is 0 Å². The summed E-state index contributed by atoms with van der Waals surface area (Å²) in [5.41, 5.74) is 2.99. The number of hydroxylamine groups is 1.